The van der Waals surface area contributed by atoms with Crippen molar-refractivity contribution >= 4 is 0 Å². The van der Waals surface area contributed by atoms with E-state index in [0.29, 0.717) is 24.7 Å². The van der Waals surface area contributed by atoms with Gasteiger partial charge < -0.3 is 83.9 Å². The van der Waals surface area contributed by atoms with Gasteiger partial charge >= 0.3 is 0 Å². The molecule has 0 bridgehead atoms. The van der Waals surface area contributed by atoms with Crippen LogP contribution in [0.1, 0.15) is 85.5 Å². The van der Waals surface area contributed by atoms with Crippen LogP contribution < -0.4 is 0 Å². The van der Waals surface area contributed by atoms with Crippen LogP contribution in [0.2, 0.25) is 0 Å². The van der Waals surface area contributed by atoms with Gasteiger partial charge in [0.05, 0.1) is 44.2 Å². The van der Waals surface area contributed by atoms with E-state index in [2.05, 4.69) is 20.8 Å². The number of hydrogen-bond acceptors (Lipinski definition) is 17. The molecular weight excluding hydrogens is 788 g/mol. The molecule has 4 aliphatic carbocycles. The molecule has 3 saturated carbocycles. The summed E-state index contributed by atoms with van der Waals surface area (Å²) in [7, 11) is 0. The van der Waals surface area contributed by atoms with E-state index >= 15 is 0 Å². The molecule has 0 amide bonds. The molecule has 9 aliphatic rings. The number of rotatable bonds is 8. The van der Waals surface area contributed by atoms with Crippen molar-refractivity contribution in [2.24, 2.45) is 40.4 Å². The van der Waals surface area contributed by atoms with Gasteiger partial charge in [-0.15, -0.1) is 0 Å². The smallest absolute Gasteiger partial charge is 0.187 e. The number of ether oxygens (including phenoxy) is 8. The van der Waals surface area contributed by atoms with Crippen molar-refractivity contribution in [2.45, 2.75) is 196 Å². The van der Waals surface area contributed by atoms with Gasteiger partial charge in [0.25, 0.3) is 0 Å². The zero-order valence-electron chi connectivity index (χ0n) is 35.1. The van der Waals surface area contributed by atoms with Crippen LogP contribution >= 0.6 is 0 Å². The van der Waals surface area contributed by atoms with Crippen molar-refractivity contribution in [3.8, 4) is 0 Å². The molecule has 17 heteroatoms. The number of fused-ring (bicyclic) bond motifs is 7. The largest absolute Gasteiger partial charge is 0.394 e. The van der Waals surface area contributed by atoms with Crippen LogP contribution in [-0.2, 0) is 37.9 Å². The average molecular weight is 857 g/mol. The highest BCUT2D eigenvalue weighted by Crippen LogP contribution is 2.70. The Morgan fingerprint density at radius 3 is 2.10 bits per heavy atom. The van der Waals surface area contributed by atoms with E-state index in [9.17, 15) is 46.0 Å². The molecule has 1 spiro atoms. The molecule has 8 fully saturated rings. The Bertz CT molecular complexity index is 1560. The van der Waals surface area contributed by atoms with Crippen LogP contribution in [0.3, 0.4) is 0 Å². The predicted octanol–water partition coefficient (Wildman–Crippen LogP) is -0.422. The van der Waals surface area contributed by atoms with Gasteiger partial charge in [-0.3, -0.25) is 0 Å². The second-order valence-electron chi connectivity index (χ2n) is 20.1. The van der Waals surface area contributed by atoms with Gasteiger partial charge in [-0.25, -0.2) is 0 Å². The van der Waals surface area contributed by atoms with Crippen LogP contribution in [0.25, 0.3) is 0 Å². The van der Waals surface area contributed by atoms with Gasteiger partial charge in [-0.2, -0.15) is 0 Å². The fraction of sp³-hybridized carbons (Fsp3) is 0.953. The molecule has 5 heterocycles. The first-order chi connectivity index (χ1) is 28.5. The van der Waals surface area contributed by atoms with Gasteiger partial charge in [-0.05, 0) is 92.8 Å². The van der Waals surface area contributed by atoms with E-state index in [4.69, 9.17) is 37.9 Å². The Labute approximate surface area is 350 Å². The summed E-state index contributed by atoms with van der Waals surface area (Å²) in [6, 6.07) is 0. The van der Waals surface area contributed by atoms with E-state index in [1.165, 1.54) is 6.92 Å². The predicted molar refractivity (Wildman–Crippen MR) is 205 cm³/mol. The van der Waals surface area contributed by atoms with E-state index in [-0.39, 0.29) is 34.7 Å². The zero-order valence-corrected chi connectivity index (χ0v) is 35.1. The molecule has 9 rings (SSSR count). The van der Waals surface area contributed by atoms with Crippen LogP contribution in [-0.4, -0.2) is 176 Å². The minimum Gasteiger partial charge on any atom is -0.394 e. The third kappa shape index (κ3) is 7.00. The molecule has 342 valence electrons. The van der Waals surface area contributed by atoms with Crippen LogP contribution in [0, 0.1) is 40.4 Å². The molecule has 0 unspecified atom stereocenters. The molecule has 17 nitrogen and oxygen atoms in total. The second kappa shape index (κ2) is 16.5. The van der Waals surface area contributed by atoms with E-state index in [0.717, 1.165) is 57.1 Å². The number of hydrogen-bond donors (Lipinski definition) is 9. The summed E-state index contributed by atoms with van der Waals surface area (Å²) in [5.74, 6) is 0.827. The maximum Gasteiger partial charge on any atom is 0.187 e. The first kappa shape index (κ1) is 44.3. The number of aliphatic hydroxyl groups is 9. The average Bonchev–Trinajstić information content (AvgIpc) is 3.78. The van der Waals surface area contributed by atoms with Crippen LogP contribution in [0.5, 0.6) is 0 Å². The molecule has 0 aromatic carbocycles. The maximum atomic E-state index is 12.1. The van der Waals surface area contributed by atoms with Crippen molar-refractivity contribution < 1.29 is 83.9 Å². The lowest BCUT2D eigenvalue weighted by atomic mass is 9.46. The van der Waals surface area contributed by atoms with E-state index in [1.54, 1.807) is 0 Å². The molecule has 0 radical (unpaired) electrons. The topological polar surface area (TPSA) is 256 Å². The Morgan fingerprint density at radius 1 is 0.700 bits per heavy atom. The highest BCUT2D eigenvalue weighted by atomic mass is 16.8. The standard InChI is InChI=1S/C43H68O17/c1-18-29-25(60-43(18)9-5-6-12-53-43)15-23-28-22(8-11-42(23,29)4)41(3)10-7-21(13-20(41)14-24(28)46)55-40-37(59-38-34(51)32(49)30(47)19(2)54-38)35(52)36(27(17-45)57-40)58-39-33(50)31(48)26(16-44)56-39/h14,18-19,21-40,44-52H,5-13,15-17H2,1-4H3/t18-,19-,21+,22-,23+,24-,25-,26-,27+,28+,29-,30-,31-,32+,33+,34+,35-,36+,37+,38-,39-,40+,41+,42+,43+/m0/s1. The lowest BCUT2D eigenvalue weighted by Crippen LogP contribution is -2.65. The highest BCUT2D eigenvalue weighted by molar-refractivity contribution is 5.29. The van der Waals surface area contributed by atoms with E-state index in [1.807, 2.05) is 6.08 Å². The summed E-state index contributed by atoms with van der Waals surface area (Å²) in [5, 5.41) is 96.9. The third-order valence-corrected chi connectivity index (χ3v) is 17.0. The summed E-state index contributed by atoms with van der Waals surface area (Å²) < 4.78 is 49.5. The summed E-state index contributed by atoms with van der Waals surface area (Å²) in [6.07, 6.45) is -11.4. The van der Waals surface area contributed by atoms with Crippen LogP contribution in [0.4, 0.5) is 0 Å². The fourth-order valence-corrected chi connectivity index (χ4v) is 13.7. The molecule has 60 heavy (non-hydrogen) atoms. The van der Waals surface area contributed by atoms with Crippen molar-refractivity contribution in [2.75, 3.05) is 19.8 Å². The summed E-state index contributed by atoms with van der Waals surface area (Å²) in [4.78, 5) is 0. The summed E-state index contributed by atoms with van der Waals surface area (Å²) in [5.41, 5.74) is 0.940. The summed E-state index contributed by atoms with van der Waals surface area (Å²) in [6.45, 7) is 8.02. The Balaban J connectivity index is 0.933. The fourth-order valence-electron chi connectivity index (χ4n) is 13.7. The molecule has 9 N–H and O–H groups in total. The Hall–Kier alpha value is -0.940. The Kier molecular flexibility index (Phi) is 12.2. The van der Waals surface area contributed by atoms with Crippen molar-refractivity contribution in [3.63, 3.8) is 0 Å². The van der Waals surface area contributed by atoms with Crippen molar-refractivity contribution in [1.82, 2.24) is 0 Å². The highest BCUT2D eigenvalue weighted by Gasteiger charge is 2.69. The van der Waals surface area contributed by atoms with Gasteiger partial charge in [0.2, 0.25) is 0 Å². The minimum atomic E-state index is -1.73. The molecule has 5 aliphatic heterocycles. The monoisotopic (exact) mass is 856 g/mol. The Morgan fingerprint density at radius 2 is 1.40 bits per heavy atom. The molecular formula is C43H68O17. The van der Waals surface area contributed by atoms with Gasteiger partial charge in [0, 0.05) is 12.3 Å². The summed E-state index contributed by atoms with van der Waals surface area (Å²) >= 11 is 0. The first-order valence-electron chi connectivity index (χ1n) is 22.5. The normalized spacial score (nSPS) is 57.7. The third-order valence-electron chi connectivity index (χ3n) is 17.0. The minimum absolute atomic E-state index is 0.0292. The van der Waals surface area contributed by atoms with Gasteiger partial charge in [0.15, 0.2) is 24.7 Å². The van der Waals surface area contributed by atoms with Crippen molar-refractivity contribution in [1.29, 1.82) is 0 Å². The molecule has 5 saturated heterocycles. The zero-order chi connectivity index (χ0) is 42.6. The molecule has 0 aromatic rings. The first-order valence-corrected chi connectivity index (χ1v) is 22.5. The van der Waals surface area contributed by atoms with Crippen LogP contribution in [0.15, 0.2) is 11.6 Å². The van der Waals surface area contributed by atoms with Gasteiger partial charge in [0.1, 0.15) is 61.0 Å². The molecule has 25 atom stereocenters. The quantitative estimate of drug-likeness (QED) is 0.141. The number of aliphatic hydroxyl groups excluding tert-OH is 9. The SMILES string of the molecule is C[C@@H]1O[C@@H](O[C@H]2[C@H](O[C@@H]3CC[C@]4(C)C(=C[C@H](O)[C@H]5[C@H]6C[C@@H]7O[C@]8(CCCCO8)[C@@H](C)[C@@H]7[C@]6(C)CC[C@@H]54)C3)O[C@H](CO)[C@@H](O[C@@H]3O[C@@H](CO)[C@H](O)[C@H]3O)[C@@H]2O)[C@H](O)[C@H](O)[C@H]1O. The van der Waals surface area contributed by atoms with Crippen molar-refractivity contribution in [3.05, 3.63) is 11.6 Å². The van der Waals surface area contributed by atoms with Gasteiger partial charge in [-0.1, -0.05) is 32.4 Å². The van der Waals surface area contributed by atoms with E-state index < -0.39 is 117 Å². The molecule has 0 aromatic heterocycles. The maximum absolute atomic E-state index is 12.1. The second-order valence-corrected chi connectivity index (χ2v) is 20.1. The lowest BCUT2D eigenvalue weighted by Gasteiger charge is -2.59. The lowest BCUT2D eigenvalue weighted by molar-refractivity contribution is -0.380.